The molecule has 0 saturated carbocycles. The van der Waals surface area contributed by atoms with Gasteiger partial charge < -0.3 is 10.0 Å². The molecule has 1 aromatic rings. The fraction of sp³-hybridized carbons (Fsp3) is 0.400. The molecule has 0 amide bonds. The van der Waals surface area contributed by atoms with Gasteiger partial charge in [-0.05, 0) is 18.2 Å². The zero-order valence-electron chi connectivity index (χ0n) is 8.13. The van der Waals surface area contributed by atoms with Crippen LogP contribution in [-0.2, 0) is 6.18 Å². The fourth-order valence-corrected chi connectivity index (χ4v) is 2.01. The zero-order chi connectivity index (χ0) is 11.9. The van der Waals surface area contributed by atoms with Crippen molar-refractivity contribution < 1.29 is 18.3 Å². The predicted molar refractivity (Wildman–Crippen MR) is 57.4 cm³/mol. The average molecular weight is 296 g/mol. The van der Waals surface area contributed by atoms with Crippen LogP contribution in [0.5, 0.6) is 0 Å². The molecule has 0 atom stereocenters. The Hall–Kier alpha value is -0.750. The Morgan fingerprint density at radius 2 is 1.94 bits per heavy atom. The summed E-state index contributed by atoms with van der Waals surface area (Å²) in [6.07, 6.45) is -4.89. The lowest BCUT2D eigenvalue weighted by Crippen LogP contribution is -2.51. The van der Waals surface area contributed by atoms with Crippen LogP contribution in [0.25, 0.3) is 0 Å². The molecule has 0 aliphatic carbocycles. The summed E-state index contributed by atoms with van der Waals surface area (Å²) in [6.45, 7) is 0.499. The fourth-order valence-electron chi connectivity index (χ4n) is 1.66. The summed E-state index contributed by atoms with van der Waals surface area (Å²) in [7, 11) is 0. The van der Waals surface area contributed by atoms with E-state index in [1.807, 2.05) is 0 Å². The lowest BCUT2D eigenvalue weighted by molar-refractivity contribution is -0.137. The van der Waals surface area contributed by atoms with E-state index in [0.29, 0.717) is 4.47 Å². The van der Waals surface area contributed by atoms with Gasteiger partial charge in [0.05, 0.1) is 17.4 Å². The van der Waals surface area contributed by atoms with Crippen LogP contribution in [0.1, 0.15) is 5.56 Å². The third-order valence-electron chi connectivity index (χ3n) is 2.47. The minimum atomic E-state index is -4.36. The second kappa shape index (κ2) is 3.92. The van der Waals surface area contributed by atoms with Crippen molar-refractivity contribution in [3.05, 3.63) is 28.2 Å². The first-order valence-corrected chi connectivity index (χ1v) is 5.47. The first-order chi connectivity index (χ1) is 7.38. The molecular weight excluding hydrogens is 287 g/mol. The van der Waals surface area contributed by atoms with Gasteiger partial charge in [-0.2, -0.15) is 13.2 Å². The lowest BCUT2D eigenvalue weighted by Gasteiger charge is -2.39. The quantitative estimate of drug-likeness (QED) is 0.861. The van der Waals surface area contributed by atoms with Gasteiger partial charge >= 0.3 is 6.18 Å². The number of benzene rings is 1. The van der Waals surface area contributed by atoms with Crippen LogP contribution in [0.3, 0.4) is 0 Å². The second-order valence-corrected chi connectivity index (χ2v) is 4.63. The number of hydrogen-bond donors (Lipinski definition) is 1. The number of nitrogens with zero attached hydrogens (tertiary/aromatic N) is 1. The smallest absolute Gasteiger partial charge is 0.389 e. The number of β-amino-alcohol motifs (C(OH)–C–C–N with tert-alkyl or cyclic N) is 1. The van der Waals surface area contributed by atoms with Crippen LogP contribution in [0.2, 0.25) is 0 Å². The summed E-state index contributed by atoms with van der Waals surface area (Å²) in [6, 6.07) is 3.83. The van der Waals surface area contributed by atoms with Crippen molar-refractivity contribution in [3.63, 3.8) is 0 Å². The molecule has 1 heterocycles. The van der Waals surface area contributed by atoms with Gasteiger partial charge in [0, 0.05) is 17.6 Å². The molecule has 0 aromatic heterocycles. The maximum absolute atomic E-state index is 12.7. The first-order valence-electron chi connectivity index (χ1n) is 4.67. The zero-order valence-corrected chi connectivity index (χ0v) is 9.72. The minimum Gasteiger partial charge on any atom is -0.389 e. The van der Waals surface area contributed by atoms with Crippen molar-refractivity contribution in [2.75, 3.05) is 18.0 Å². The standard InChI is InChI=1S/C10H9BrF3NO/c11-6-1-2-8(10(12,13)14)9(3-6)15-4-7(16)5-15/h1-3,7,16H,4-5H2. The monoisotopic (exact) mass is 295 g/mol. The van der Waals surface area contributed by atoms with Crippen molar-refractivity contribution in [1.29, 1.82) is 0 Å². The molecule has 0 unspecified atom stereocenters. The number of halogens is 4. The molecule has 0 bridgehead atoms. The molecule has 2 rings (SSSR count). The molecule has 1 fully saturated rings. The predicted octanol–water partition coefficient (Wildman–Crippen LogP) is 2.65. The maximum Gasteiger partial charge on any atom is 0.418 e. The SMILES string of the molecule is OC1CN(c2cc(Br)ccc2C(F)(F)F)C1. The molecule has 2 nitrogen and oxygen atoms in total. The Kier molecular flexibility index (Phi) is 2.88. The number of rotatable bonds is 1. The van der Waals surface area contributed by atoms with E-state index in [2.05, 4.69) is 15.9 Å². The molecule has 1 aromatic carbocycles. The van der Waals surface area contributed by atoms with Crippen LogP contribution in [0, 0.1) is 0 Å². The molecule has 6 heteroatoms. The van der Waals surface area contributed by atoms with Crippen molar-refractivity contribution in [3.8, 4) is 0 Å². The Balaban J connectivity index is 2.37. The van der Waals surface area contributed by atoms with Gasteiger partial charge in [-0.15, -0.1) is 0 Å². The third-order valence-corrected chi connectivity index (χ3v) is 2.96. The minimum absolute atomic E-state index is 0.118. The summed E-state index contributed by atoms with van der Waals surface area (Å²) in [4.78, 5) is 1.51. The highest BCUT2D eigenvalue weighted by molar-refractivity contribution is 9.10. The number of alkyl halides is 3. The van der Waals surface area contributed by atoms with Gasteiger partial charge in [0.2, 0.25) is 0 Å². The van der Waals surface area contributed by atoms with Crippen LogP contribution < -0.4 is 4.90 Å². The van der Waals surface area contributed by atoms with Crippen molar-refractivity contribution >= 4 is 21.6 Å². The average Bonchev–Trinajstić information content (AvgIpc) is 2.10. The molecule has 1 saturated heterocycles. The van der Waals surface area contributed by atoms with Gasteiger partial charge in [-0.1, -0.05) is 15.9 Å². The Bertz CT molecular complexity index is 402. The Morgan fingerprint density at radius 3 is 2.44 bits per heavy atom. The van der Waals surface area contributed by atoms with E-state index in [-0.39, 0.29) is 18.8 Å². The molecule has 1 N–H and O–H groups in total. The van der Waals surface area contributed by atoms with Gasteiger partial charge in [0.15, 0.2) is 0 Å². The summed E-state index contributed by atoms with van der Waals surface area (Å²) in [5.41, 5.74) is -0.547. The molecule has 88 valence electrons. The lowest BCUT2D eigenvalue weighted by atomic mass is 10.1. The van der Waals surface area contributed by atoms with E-state index < -0.39 is 17.8 Å². The number of aliphatic hydroxyl groups is 1. The van der Waals surface area contributed by atoms with Gasteiger partial charge in [0.25, 0.3) is 0 Å². The van der Waals surface area contributed by atoms with Crippen LogP contribution in [0.15, 0.2) is 22.7 Å². The summed E-state index contributed by atoms with van der Waals surface area (Å²) in [5.74, 6) is 0. The molecule has 1 aliphatic heterocycles. The Morgan fingerprint density at radius 1 is 1.31 bits per heavy atom. The number of aliphatic hydroxyl groups excluding tert-OH is 1. The molecule has 16 heavy (non-hydrogen) atoms. The Labute approximate surface area is 98.8 Å². The first kappa shape index (κ1) is 11.7. The molecular formula is C10H9BrF3NO. The largest absolute Gasteiger partial charge is 0.418 e. The summed E-state index contributed by atoms with van der Waals surface area (Å²) < 4.78 is 38.7. The number of anilines is 1. The van der Waals surface area contributed by atoms with Crippen molar-refractivity contribution in [2.24, 2.45) is 0 Å². The van der Waals surface area contributed by atoms with E-state index in [0.717, 1.165) is 6.07 Å². The van der Waals surface area contributed by atoms with Crippen LogP contribution in [-0.4, -0.2) is 24.3 Å². The van der Waals surface area contributed by atoms with E-state index in [1.165, 1.54) is 17.0 Å². The molecule has 0 radical (unpaired) electrons. The summed E-state index contributed by atoms with van der Waals surface area (Å²) >= 11 is 3.14. The van der Waals surface area contributed by atoms with Gasteiger partial charge in [-0.3, -0.25) is 0 Å². The van der Waals surface area contributed by atoms with E-state index in [1.54, 1.807) is 0 Å². The third kappa shape index (κ3) is 2.17. The topological polar surface area (TPSA) is 23.5 Å². The highest BCUT2D eigenvalue weighted by Gasteiger charge is 2.37. The second-order valence-electron chi connectivity index (χ2n) is 3.72. The van der Waals surface area contributed by atoms with E-state index in [4.69, 9.17) is 5.11 Å². The molecule has 1 aliphatic rings. The number of hydrogen-bond acceptors (Lipinski definition) is 2. The highest BCUT2D eigenvalue weighted by atomic mass is 79.9. The van der Waals surface area contributed by atoms with Gasteiger partial charge in [0.1, 0.15) is 0 Å². The van der Waals surface area contributed by atoms with Crippen molar-refractivity contribution in [1.82, 2.24) is 0 Å². The molecule has 0 spiro atoms. The maximum atomic E-state index is 12.7. The van der Waals surface area contributed by atoms with E-state index in [9.17, 15) is 13.2 Å². The van der Waals surface area contributed by atoms with Gasteiger partial charge in [-0.25, -0.2) is 0 Å². The highest BCUT2D eigenvalue weighted by Crippen LogP contribution is 2.39. The van der Waals surface area contributed by atoms with Crippen LogP contribution >= 0.6 is 15.9 Å². The van der Waals surface area contributed by atoms with Crippen LogP contribution in [0.4, 0.5) is 18.9 Å². The van der Waals surface area contributed by atoms with E-state index >= 15 is 0 Å². The summed E-state index contributed by atoms with van der Waals surface area (Å²) in [5, 5.41) is 9.11. The van der Waals surface area contributed by atoms with Crippen molar-refractivity contribution in [2.45, 2.75) is 12.3 Å². The normalized spacial score (nSPS) is 17.4.